The molecular formula is C23H26N6O2S2. The Kier molecular flexibility index (Phi) is 8.63. The molecule has 172 valence electrons. The summed E-state index contributed by atoms with van der Waals surface area (Å²) in [7, 11) is 0. The number of para-hydroxylation sites is 1. The van der Waals surface area contributed by atoms with Crippen LogP contribution in [0.1, 0.15) is 36.7 Å². The van der Waals surface area contributed by atoms with Crippen LogP contribution in [-0.4, -0.2) is 32.3 Å². The number of nitrogens with zero attached hydrogens (tertiary/aromatic N) is 4. The zero-order valence-corrected chi connectivity index (χ0v) is 20.4. The molecule has 2 aromatic carbocycles. The first kappa shape index (κ1) is 24.5. The molecule has 0 atom stereocenters. The molecule has 1 amide bonds. The number of hydrogen-bond acceptors (Lipinski definition) is 8. The molecule has 0 aliphatic rings. The van der Waals surface area contributed by atoms with Crippen LogP contribution in [0.4, 0.5) is 5.69 Å². The topological polar surface area (TPSA) is 119 Å². The minimum absolute atomic E-state index is 0.114. The van der Waals surface area contributed by atoms with Gasteiger partial charge in [0.05, 0.1) is 23.3 Å². The van der Waals surface area contributed by atoms with Crippen molar-refractivity contribution in [3.8, 4) is 11.8 Å². The number of rotatable bonds is 10. The Morgan fingerprint density at radius 2 is 2.03 bits per heavy atom. The molecule has 1 aromatic heterocycles. The zero-order chi connectivity index (χ0) is 23.8. The quantitative estimate of drug-likeness (QED) is 0.323. The normalized spacial score (nSPS) is 10.8. The lowest BCUT2D eigenvalue weighted by atomic mass is 10.0. The van der Waals surface area contributed by atoms with Crippen molar-refractivity contribution in [3.63, 3.8) is 0 Å². The maximum Gasteiger partial charge on any atom is 0.234 e. The van der Waals surface area contributed by atoms with Crippen LogP contribution < -0.4 is 15.9 Å². The third kappa shape index (κ3) is 6.66. The van der Waals surface area contributed by atoms with Gasteiger partial charge in [-0.3, -0.25) is 4.79 Å². The van der Waals surface area contributed by atoms with E-state index in [-0.39, 0.29) is 18.3 Å². The smallest absolute Gasteiger partial charge is 0.234 e. The lowest BCUT2D eigenvalue weighted by Crippen LogP contribution is -2.18. The number of aromatic nitrogens is 3. The Hall–Kier alpha value is -3.16. The average molecular weight is 483 g/mol. The van der Waals surface area contributed by atoms with E-state index in [2.05, 4.69) is 47.6 Å². The van der Waals surface area contributed by atoms with Gasteiger partial charge in [-0.25, -0.2) is 4.68 Å². The van der Waals surface area contributed by atoms with Crippen molar-refractivity contribution in [1.82, 2.24) is 14.9 Å². The fourth-order valence-electron chi connectivity index (χ4n) is 3.01. The molecule has 0 bridgehead atoms. The number of anilines is 1. The minimum Gasteiger partial charge on any atom is -0.485 e. The number of carbonyl (C=O) groups excluding carboxylic acids is 1. The van der Waals surface area contributed by atoms with Crippen LogP contribution in [0.2, 0.25) is 0 Å². The highest BCUT2D eigenvalue weighted by Gasteiger charge is 2.15. The molecule has 33 heavy (non-hydrogen) atoms. The molecule has 0 aliphatic heterocycles. The van der Waals surface area contributed by atoms with Gasteiger partial charge in [0.25, 0.3) is 0 Å². The van der Waals surface area contributed by atoms with Gasteiger partial charge in [0.1, 0.15) is 12.4 Å². The van der Waals surface area contributed by atoms with Crippen molar-refractivity contribution in [2.75, 3.05) is 22.7 Å². The zero-order valence-electron chi connectivity index (χ0n) is 18.7. The molecule has 0 saturated heterocycles. The molecule has 10 heteroatoms. The van der Waals surface area contributed by atoms with Gasteiger partial charge in [0.15, 0.2) is 5.82 Å². The van der Waals surface area contributed by atoms with E-state index in [1.54, 1.807) is 6.07 Å². The summed E-state index contributed by atoms with van der Waals surface area (Å²) in [5.74, 6) is 7.95. The van der Waals surface area contributed by atoms with Crippen molar-refractivity contribution in [2.45, 2.75) is 43.3 Å². The Bertz CT molecular complexity index is 1160. The summed E-state index contributed by atoms with van der Waals surface area (Å²) >= 11 is 2.56. The molecule has 3 N–H and O–H groups in total. The van der Waals surface area contributed by atoms with E-state index in [0.717, 1.165) is 21.8 Å². The largest absolute Gasteiger partial charge is 0.485 e. The fraction of sp³-hybridized carbons (Fsp3) is 0.304. The number of nitrogens with one attached hydrogen (secondary N) is 1. The van der Waals surface area contributed by atoms with E-state index in [9.17, 15) is 4.79 Å². The van der Waals surface area contributed by atoms with Gasteiger partial charge < -0.3 is 15.9 Å². The molecule has 0 spiro atoms. The maximum absolute atomic E-state index is 12.4. The SMILES string of the molecule is Cc1ccc(C(C)C)c(OCc2nnc(SCC(=O)Nc3ccccc3SCC#N)n2N)c1. The second-order valence-electron chi connectivity index (χ2n) is 7.53. The molecule has 0 aliphatic carbocycles. The number of thioether (sulfide) groups is 2. The van der Waals surface area contributed by atoms with Crippen molar-refractivity contribution in [3.05, 3.63) is 59.4 Å². The lowest BCUT2D eigenvalue weighted by Gasteiger charge is -2.14. The monoisotopic (exact) mass is 482 g/mol. The van der Waals surface area contributed by atoms with Crippen LogP contribution in [0, 0.1) is 18.3 Å². The summed E-state index contributed by atoms with van der Waals surface area (Å²) in [6.07, 6.45) is 0. The number of nitriles is 1. The molecule has 0 fully saturated rings. The van der Waals surface area contributed by atoms with Gasteiger partial charge in [0, 0.05) is 4.90 Å². The summed E-state index contributed by atoms with van der Waals surface area (Å²) < 4.78 is 7.34. The molecule has 3 rings (SSSR count). The highest BCUT2D eigenvalue weighted by Crippen LogP contribution is 2.29. The number of carbonyl (C=O) groups is 1. The minimum atomic E-state index is -0.202. The fourth-order valence-corrected chi connectivity index (χ4v) is 4.36. The van der Waals surface area contributed by atoms with Crippen molar-refractivity contribution >= 4 is 35.1 Å². The van der Waals surface area contributed by atoms with Crippen LogP contribution in [0.25, 0.3) is 0 Å². The number of benzene rings is 2. The maximum atomic E-state index is 12.4. The highest BCUT2D eigenvalue weighted by atomic mass is 32.2. The van der Waals surface area contributed by atoms with E-state index in [0.29, 0.717) is 28.3 Å². The van der Waals surface area contributed by atoms with Gasteiger partial charge in [0.2, 0.25) is 11.1 Å². The van der Waals surface area contributed by atoms with Gasteiger partial charge in [-0.05, 0) is 42.2 Å². The van der Waals surface area contributed by atoms with Crippen LogP contribution in [0.3, 0.4) is 0 Å². The van der Waals surface area contributed by atoms with Crippen LogP contribution >= 0.6 is 23.5 Å². The Labute approximate surface area is 201 Å². The highest BCUT2D eigenvalue weighted by molar-refractivity contribution is 8.00. The average Bonchev–Trinajstić information content (AvgIpc) is 3.14. The molecular weight excluding hydrogens is 456 g/mol. The van der Waals surface area contributed by atoms with E-state index < -0.39 is 0 Å². The van der Waals surface area contributed by atoms with Crippen LogP contribution in [0.15, 0.2) is 52.5 Å². The molecule has 8 nitrogen and oxygen atoms in total. The number of ether oxygens (including phenoxy) is 1. The molecule has 3 aromatic rings. The summed E-state index contributed by atoms with van der Waals surface area (Å²) in [5.41, 5.74) is 2.90. The Morgan fingerprint density at radius 1 is 1.24 bits per heavy atom. The predicted molar refractivity (Wildman–Crippen MR) is 132 cm³/mol. The molecule has 1 heterocycles. The van der Waals surface area contributed by atoms with Gasteiger partial charge in [-0.1, -0.05) is 49.9 Å². The predicted octanol–water partition coefficient (Wildman–Crippen LogP) is 4.35. The number of nitrogens with two attached hydrogens (primary N) is 1. The first-order valence-electron chi connectivity index (χ1n) is 10.3. The Morgan fingerprint density at radius 3 is 2.79 bits per heavy atom. The van der Waals surface area contributed by atoms with Crippen LogP contribution in [-0.2, 0) is 11.4 Å². The summed E-state index contributed by atoms with van der Waals surface area (Å²) in [6, 6.07) is 15.6. The van der Waals surface area contributed by atoms with Crippen LogP contribution in [0.5, 0.6) is 5.75 Å². The first-order valence-corrected chi connectivity index (χ1v) is 12.3. The number of amides is 1. The van der Waals surface area contributed by atoms with Gasteiger partial charge >= 0.3 is 0 Å². The number of aryl methyl sites for hydroxylation is 1. The molecule has 0 radical (unpaired) electrons. The summed E-state index contributed by atoms with van der Waals surface area (Å²) in [4.78, 5) is 13.3. The summed E-state index contributed by atoms with van der Waals surface area (Å²) in [5, 5.41) is 20.3. The van der Waals surface area contributed by atoms with E-state index in [1.165, 1.54) is 28.2 Å². The Balaban J connectivity index is 1.58. The van der Waals surface area contributed by atoms with E-state index >= 15 is 0 Å². The van der Waals surface area contributed by atoms with Crippen molar-refractivity contribution in [2.24, 2.45) is 0 Å². The molecule has 0 saturated carbocycles. The third-order valence-corrected chi connectivity index (χ3v) is 6.55. The standard InChI is InChI=1S/C23H26N6O2S2/c1-15(2)17-9-8-16(3)12-19(17)31-13-21-27-28-23(29(21)25)33-14-22(30)26-18-6-4-5-7-20(18)32-11-10-24/h4-9,12,15H,11,13-14,25H2,1-3H3,(H,26,30). The van der Waals surface area contributed by atoms with E-state index in [4.69, 9.17) is 15.8 Å². The molecule has 0 unspecified atom stereocenters. The van der Waals surface area contributed by atoms with Gasteiger partial charge in [-0.15, -0.1) is 22.0 Å². The van der Waals surface area contributed by atoms with E-state index in [1.807, 2.05) is 31.2 Å². The lowest BCUT2D eigenvalue weighted by molar-refractivity contribution is -0.113. The third-order valence-electron chi connectivity index (χ3n) is 4.67. The first-order chi connectivity index (χ1) is 15.9. The van der Waals surface area contributed by atoms with Gasteiger partial charge in [-0.2, -0.15) is 5.26 Å². The van der Waals surface area contributed by atoms with Crippen molar-refractivity contribution < 1.29 is 9.53 Å². The second-order valence-corrected chi connectivity index (χ2v) is 9.49. The van der Waals surface area contributed by atoms with Crippen molar-refractivity contribution in [1.29, 1.82) is 5.26 Å². The number of hydrogen-bond donors (Lipinski definition) is 2. The number of nitrogen functional groups attached to an aromatic ring is 1. The second kappa shape index (κ2) is 11.6. The summed E-state index contributed by atoms with van der Waals surface area (Å²) in [6.45, 7) is 6.42.